The lowest BCUT2D eigenvalue weighted by atomic mass is 9.48. The van der Waals surface area contributed by atoms with Crippen molar-refractivity contribution in [2.75, 3.05) is 0 Å². The molecule has 0 aromatic carbocycles. The average molecular weight is 270 g/mol. The predicted molar refractivity (Wildman–Crippen MR) is 81.2 cm³/mol. The highest BCUT2D eigenvalue weighted by Gasteiger charge is 2.57. The van der Waals surface area contributed by atoms with E-state index in [4.69, 9.17) is 0 Å². The smallest absolute Gasteiger partial charge is 0.159 e. The van der Waals surface area contributed by atoms with Gasteiger partial charge in [-0.3, -0.25) is 4.79 Å². The van der Waals surface area contributed by atoms with Crippen LogP contribution in [0.5, 0.6) is 0 Å². The van der Waals surface area contributed by atoms with Gasteiger partial charge in [0.25, 0.3) is 0 Å². The molecule has 0 aromatic heterocycles. The first-order valence-electron chi connectivity index (χ1n) is 8.47. The quantitative estimate of drug-likeness (QED) is 0.624. The third-order valence-corrected chi connectivity index (χ3v) is 7.28. The Balaban J connectivity index is 1.80. The minimum Gasteiger partial charge on any atom is -0.295 e. The Labute approximate surface area is 122 Å². The van der Waals surface area contributed by atoms with Crippen LogP contribution in [0, 0.1) is 28.6 Å². The van der Waals surface area contributed by atoms with Gasteiger partial charge in [0.1, 0.15) is 0 Å². The van der Waals surface area contributed by atoms with Crippen molar-refractivity contribution < 1.29 is 4.79 Å². The number of hydrogen-bond acceptors (Lipinski definition) is 1. The van der Waals surface area contributed by atoms with Crippen molar-refractivity contribution in [3.8, 4) is 0 Å². The summed E-state index contributed by atoms with van der Waals surface area (Å²) in [4.78, 5) is 12.8. The first-order chi connectivity index (χ1) is 9.55. The van der Waals surface area contributed by atoms with Gasteiger partial charge in [0, 0.05) is 5.92 Å². The van der Waals surface area contributed by atoms with Gasteiger partial charge in [0.15, 0.2) is 5.78 Å². The van der Waals surface area contributed by atoms with Crippen LogP contribution in [0.2, 0.25) is 0 Å². The lowest BCUT2D eigenvalue weighted by Gasteiger charge is -2.55. The van der Waals surface area contributed by atoms with E-state index in [1.54, 1.807) is 0 Å². The molecular weight excluding hydrogens is 244 g/mol. The molecule has 0 spiro atoms. The van der Waals surface area contributed by atoms with Gasteiger partial charge in [0.05, 0.1) is 0 Å². The maximum atomic E-state index is 12.8. The number of fused-ring (bicyclic) bond motifs is 5. The topological polar surface area (TPSA) is 17.1 Å². The lowest BCUT2D eigenvalue weighted by molar-refractivity contribution is -0.131. The Bertz CT molecular complexity index is 514. The largest absolute Gasteiger partial charge is 0.295 e. The number of hydrogen-bond donors (Lipinski definition) is 0. The summed E-state index contributed by atoms with van der Waals surface area (Å²) in [5, 5.41) is 0. The van der Waals surface area contributed by atoms with Crippen molar-refractivity contribution in [3.05, 3.63) is 23.8 Å². The molecule has 0 radical (unpaired) electrons. The van der Waals surface area contributed by atoms with E-state index < -0.39 is 0 Å². The Kier molecular flexibility index (Phi) is 2.63. The second-order valence-corrected chi connectivity index (χ2v) is 8.18. The molecule has 1 nitrogen and oxygen atoms in total. The first kappa shape index (κ1) is 12.9. The highest BCUT2D eigenvalue weighted by Crippen LogP contribution is 2.63. The molecule has 2 saturated carbocycles. The summed E-state index contributed by atoms with van der Waals surface area (Å²) < 4.78 is 0. The van der Waals surface area contributed by atoms with E-state index in [1.165, 1.54) is 50.5 Å². The summed E-state index contributed by atoms with van der Waals surface area (Å²) >= 11 is 0. The predicted octanol–water partition coefficient (Wildman–Crippen LogP) is 4.68. The van der Waals surface area contributed by atoms with Crippen LogP contribution in [-0.4, -0.2) is 5.78 Å². The maximum Gasteiger partial charge on any atom is 0.159 e. The van der Waals surface area contributed by atoms with Crippen LogP contribution < -0.4 is 0 Å². The normalized spacial score (nSPS) is 50.2. The van der Waals surface area contributed by atoms with Gasteiger partial charge in [0.2, 0.25) is 0 Å². The third-order valence-electron chi connectivity index (χ3n) is 7.28. The highest BCUT2D eigenvalue weighted by molar-refractivity contribution is 5.95. The van der Waals surface area contributed by atoms with Gasteiger partial charge in [-0.15, -0.1) is 0 Å². The zero-order valence-electron chi connectivity index (χ0n) is 12.8. The zero-order chi connectivity index (χ0) is 14.0. The van der Waals surface area contributed by atoms with E-state index in [2.05, 4.69) is 26.0 Å². The fraction of sp³-hybridized carbons (Fsp3) is 0.737. The van der Waals surface area contributed by atoms with E-state index in [9.17, 15) is 4.79 Å². The molecule has 0 saturated heterocycles. The van der Waals surface area contributed by atoms with Gasteiger partial charge >= 0.3 is 0 Å². The van der Waals surface area contributed by atoms with Crippen molar-refractivity contribution in [3.63, 3.8) is 0 Å². The van der Waals surface area contributed by atoms with Crippen LogP contribution >= 0.6 is 0 Å². The molecule has 4 rings (SSSR count). The molecule has 0 aliphatic heterocycles. The van der Waals surface area contributed by atoms with Crippen LogP contribution in [-0.2, 0) is 4.79 Å². The number of carbonyl (C=O) groups is 1. The van der Waals surface area contributed by atoms with Crippen molar-refractivity contribution >= 4 is 5.78 Å². The SMILES string of the molecule is C[C@@]12CCC[C@H]1[C@@H]1C(=O)C=C3C=CCC[C@]3(C)[C@H]1CC2. The molecule has 1 heteroatoms. The molecule has 0 heterocycles. The minimum atomic E-state index is 0.275. The van der Waals surface area contributed by atoms with E-state index in [1.807, 2.05) is 6.08 Å². The fourth-order valence-corrected chi connectivity index (χ4v) is 6.03. The van der Waals surface area contributed by atoms with Crippen molar-refractivity contribution in [1.82, 2.24) is 0 Å². The van der Waals surface area contributed by atoms with E-state index in [0.717, 1.165) is 0 Å². The summed E-state index contributed by atoms with van der Waals surface area (Å²) in [7, 11) is 0. The van der Waals surface area contributed by atoms with Gasteiger partial charge in [-0.25, -0.2) is 0 Å². The summed E-state index contributed by atoms with van der Waals surface area (Å²) in [6, 6.07) is 0. The fourth-order valence-electron chi connectivity index (χ4n) is 6.03. The Morgan fingerprint density at radius 3 is 2.80 bits per heavy atom. The molecule has 2 fully saturated rings. The summed E-state index contributed by atoms with van der Waals surface area (Å²) in [6.07, 6.45) is 15.5. The Morgan fingerprint density at radius 1 is 1.10 bits per heavy atom. The van der Waals surface area contributed by atoms with Crippen LogP contribution in [0.4, 0.5) is 0 Å². The molecule has 0 bridgehead atoms. The highest BCUT2D eigenvalue weighted by atomic mass is 16.1. The molecule has 108 valence electrons. The second-order valence-electron chi connectivity index (χ2n) is 8.18. The van der Waals surface area contributed by atoms with Gasteiger partial charge in [-0.05, 0) is 72.8 Å². The standard InChI is InChI=1S/C19H26O/c1-18-9-5-7-14(18)17-15(8-11-18)19(2)10-4-3-6-13(19)12-16(17)20/h3,6,12,14-15,17H,4-5,7-11H2,1-2H3/t14-,15-,17-,18-,19-/m0/s1. The second kappa shape index (κ2) is 4.08. The Hall–Kier alpha value is -0.850. The summed E-state index contributed by atoms with van der Waals surface area (Å²) in [6.45, 7) is 4.89. The molecular formula is C19H26O. The van der Waals surface area contributed by atoms with Crippen molar-refractivity contribution in [2.45, 2.75) is 58.8 Å². The number of carbonyl (C=O) groups excluding carboxylic acids is 1. The molecule has 4 aliphatic rings. The van der Waals surface area contributed by atoms with Crippen LogP contribution in [0.25, 0.3) is 0 Å². The monoisotopic (exact) mass is 270 g/mol. The van der Waals surface area contributed by atoms with Crippen LogP contribution in [0.15, 0.2) is 23.8 Å². The first-order valence-corrected chi connectivity index (χ1v) is 8.47. The van der Waals surface area contributed by atoms with Crippen molar-refractivity contribution in [2.24, 2.45) is 28.6 Å². The van der Waals surface area contributed by atoms with Crippen LogP contribution in [0.1, 0.15) is 58.8 Å². The van der Waals surface area contributed by atoms with Gasteiger partial charge < -0.3 is 0 Å². The molecule has 0 amide bonds. The van der Waals surface area contributed by atoms with Gasteiger partial charge in [-0.2, -0.15) is 0 Å². The minimum absolute atomic E-state index is 0.275. The number of ketones is 1. The van der Waals surface area contributed by atoms with Crippen LogP contribution in [0.3, 0.4) is 0 Å². The van der Waals surface area contributed by atoms with E-state index in [-0.39, 0.29) is 5.41 Å². The van der Waals surface area contributed by atoms with Gasteiger partial charge in [-0.1, -0.05) is 32.4 Å². The van der Waals surface area contributed by atoms with E-state index >= 15 is 0 Å². The molecule has 0 unspecified atom stereocenters. The third kappa shape index (κ3) is 1.53. The molecule has 5 atom stereocenters. The summed E-state index contributed by atoms with van der Waals surface area (Å²) in [5.41, 5.74) is 2.07. The maximum absolute atomic E-state index is 12.8. The lowest BCUT2D eigenvalue weighted by Crippen LogP contribution is -2.51. The zero-order valence-corrected chi connectivity index (χ0v) is 12.8. The molecule has 0 aromatic rings. The van der Waals surface area contributed by atoms with E-state index in [0.29, 0.717) is 29.0 Å². The number of rotatable bonds is 0. The molecule has 20 heavy (non-hydrogen) atoms. The summed E-state index contributed by atoms with van der Waals surface area (Å²) in [5.74, 6) is 2.05. The Morgan fingerprint density at radius 2 is 1.95 bits per heavy atom. The molecule has 0 N–H and O–H groups in total. The van der Waals surface area contributed by atoms with Crippen molar-refractivity contribution in [1.29, 1.82) is 0 Å². The number of allylic oxidation sites excluding steroid dienone is 4. The average Bonchev–Trinajstić information content (AvgIpc) is 2.81. The molecule has 4 aliphatic carbocycles.